The van der Waals surface area contributed by atoms with E-state index >= 15 is 0 Å². The third kappa shape index (κ3) is 4.12. The van der Waals surface area contributed by atoms with Gasteiger partial charge < -0.3 is 9.80 Å². The molecule has 2 aliphatic heterocycles. The molecule has 12 rings (SSSR count). The summed E-state index contributed by atoms with van der Waals surface area (Å²) in [7, 11) is 0. The van der Waals surface area contributed by atoms with Crippen molar-refractivity contribution in [1.29, 1.82) is 0 Å². The molecule has 0 aliphatic carbocycles. The molecule has 2 aliphatic rings. The van der Waals surface area contributed by atoms with Crippen LogP contribution in [0.15, 0.2) is 188 Å². The molecular formula is C50H31BN2S. The molecule has 0 saturated carbocycles. The Kier molecular flexibility index (Phi) is 6.34. The lowest BCUT2D eigenvalue weighted by atomic mass is 9.36. The fourth-order valence-corrected chi connectivity index (χ4v) is 10.7. The summed E-state index contributed by atoms with van der Waals surface area (Å²) in [5, 5.41) is 9.09. The van der Waals surface area contributed by atoms with Gasteiger partial charge in [-0.15, -0.1) is 11.3 Å². The molecule has 4 heteroatoms. The van der Waals surface area contributed by atoms with Crippen LogP contribution in [0.4, 0.5) is 34.1 Å². The largest absolute Gasteiger partial charge is 0.311 e. The first-order valence-electron chi connectivity index (χ1n) is 18.6. The minimum absolute atomic E-state index is 0.133. The standard InChI is InChI=1S/C50H31BN2S/c1-2-14-33(15-3-1)53-45-26-13-25-44-48(45)51(50-49(53)41-20-8-11-27-46(41)54-50)42-23-9-10-24-43(42)52(44)34-30-28-32(29-31-34)35-21-12-22-40-38-17-5-4-16-36(38)37-18-6-7-19-39(37)47(35)40/h1-31H. The van der Waals surface area contributed by atoms with E-state index in [1.807, 2.05) is 11.3 Å². The van der Waals surface area contributed by atoms with Gasteiger partial charge in [0, 0.05) is 43.3 Å². The average Bonchev–Trinajstić information content (AvgIpc) is 3.63. The van der Waals surface area contributed by atoms with Crippen molar-refractivity contribution in [3.8, 4) is 11.1 Å². The van der Waals surface area contributed by atoms with Crippen molar-refractivity contribution < 1.29 is 0 Å². The van der Waals surface area contributed by atoms with Crippen LogP contribution in [0.3, 0.4) is 0 Å². The van der Waals surface area contributed by atoms with E-state index in [4.69, 9.17) is 0 Å². The van der Waals surface area contributed by atoms with E-state index in [9.17, 15) is 0 Å². The first-order valence-corrected chi connectivity index (χ1v) is 19.5. The number of fused-ring (bicyclic) bond motifs is 12. The molecule has 3 heterocycles. The van der Waals surface area contributed by atoms with Crippen molar-refractivity contribution >= 4 is 110 Å². The molecule has 9 aromatic carbocycles. The molecule has 0 amide bonds. The normalized spacial score (nSPS) is 13.1. The Hall–Kier alpha value is -6.62. The van der Waals surface area contributed by atoms with E-state index in [1.165, 1.54) is 97.7 Å². The highest BCUT2D eigenvalue weighted by atomic mass is 32.1. The fraction of sp³-hybridized carbons (Fsp3) is 0. The van der Waals surface area contributed by atoms with Crippen LogP contribution in [0, 0.1) is 0 Å². The van der Waals surface area contributed by atoms with E-state index in [0.29, 0.717) is 0 Å². The Morgan fingerprint density at radius 1 is 0.389 bits per heavy atom. The predicted octanol–water partition coefficient (Wildman–Crippen LogP) is 12.1. The van der Waals surface area contributed by atoms with Crippen LogP contribution >= 0.6 is 11.3 Å². The summed E-state index contributed by atoms with van der Waals surface area (Å²) in [6.45, 7) is 0.133. The van der Waals surface area contributed by atoms with Crippen molar-refractivity contribution in [2.75, 3.05) is 9.80 Å². The van der Waals surface area contributed by atoms with Gasteiger partial charge in [0.15, 0.2) is 0 Å². The number of benzene rings is 9. The molecule has 1 aromatic heterocycles. The topological polar surface area (TPSA) is 6.48 Å². The Labute approximate surface area is 317 Å². The van der Waals surface area contributed by atoms with Gasteiger partial charge in [0.2, 0.25) is 0 Å². The summed E-state index contributed by atoms with van der Waals surface area (Å²) in [5.74, 6) is 0. The first-order chi connectivity index (χ1) is 26.8. The number of hydrogen-bond donors (Lipinski definition) is 0. The summed E-state index contributed by atoms with van der Waals surface area (Å²) in [6.07, 6.45) is 0. The highest BCUT2D eigenvalue weighted by Gasteiger charge is 2.44. The molecule has 0 spiro atoms. The fourth-order valence-electron chi connectivity index (χ4n) is 9.43. The van der Waals surface area contributed by atoms with Gasteiger partial charge in [-0.25, -0.2) is 0 Å². The molecule has 54 heavy (non-hydrogen) atoms. The highest BCUT2D eigenvalue weighted by molar-refractivity contribution is 7.33. The Bertz CT molecular complexity index is 3090. The third-order valence-corrected chi connectivity index (χ3v) is 12.8. The monoisotopic (exact) mass is 702 g/mol. The van der Waals surface area contributed by atoms with Gasteiger partial charge in [-0.1, -0.05) is 140 Å². The van der Waals surface area contributed by atoms with E-state index in [0.717, 1.165) is 5.69 Å². The zero-order valence-corrected chi connectivity index (χ0v) is 30.1. The van der Waals surface area contributed by atoms with E-state index in [2.05, 4.69) is 198 Å². The van der Waals surface area contributed by atoms with Crippen LogP contribution < -0.4 is 25.5 Å². The van der Waals surface area contributed by atoms with Crippen molar-refractivity contribution in [2.45, 2.75) is 0 Å². The van der Waals surface area contributed by atoms with Crippen molar-refractivity contribution in [3.05, 3.63) is 188 Å². The van der Waals surface area contributed by atoms with Gasteiger partial charge in [0.05, 0.1) is 5.69 Å². The second-order valence-electron chi connectivity index (χ2n) is 14.4. The highest BCUT2D eigenvalue weighted by Crippen LogP contribution is 2.48. The van der Waals surface area contributed by atoms with Crippen LogP contribution in [-0.4, -0.2) is 6.71 Å². The van der Waals surface area contributed by atoms with Gasteiger partial charge in [-0.05, 0) is 103 Å². The van der Waals surface area contributed by atoms with Crippen LogP contribution in [0.2, 0.25) is 0 Å². The minimum atomic E-state index is 0.133. The van der Waals surface area contributed by atoms with Gasteiger partial charge in [-0.2, -0.15) is 0 Å². The smallest absolute Gasteiger partial charge is 0.264 e. The molecule has 0 saturated heterocycles. The number of hydrogen-bond acceptors (Lipinski definition) is 3. The van der Waals surface area contributed by atoms with Crippen molar-refractivity contribution in [3.63, 3.8) is 0 Å². The first kappa shape index (κ1) is 29.9. The van der Waals surface area contributed by atoms with Crippen molar-refractivity contribution in [1.82, 2.24) is 0 Å². The summed E-state index contributed by atoms with van der Waals surface area (Å²) in [5.41, 5.74) is 12.5. The molecule has 0 bridgehead atoms. The maximum atomic E-state index is 2.51. The number of thiophene rings is 1. The predicted molar refractivity (Wildman–Crippen MR) is 234 cm³/mol. The maximum Gasteiger partial charge on any atom is 0.264 e. The minimum Gasteiger partial charge on any atom is -0.311 e. The zero-order valence-electron chi connectivity index (χ0n) is 29.3. The molecule has 0 atom stereocenters. The molecule has 0 fully saturated rings. The number of para-hydroxylation sites is 2. The molecule has 10 aromatic rings. The summed E-state index contributed by atoms with van der Waals surface area (Å²) >= 11 is 1.94. The SMILES string of the molecule is c1ccc(N2c3cccc4c3B(c3ccccc3N4c3ccc(-c4cccc5c6ccccc6c6ccccc6c45)cc3)c3sc4ccccc4c32)cc1. The van der Waals surface area contributed by atoms with Gasteiger partial charge in [0.25, 0.3) is 6.71 Å². The lowest BCUT2D eigenvalue weighted by Gasteiger charge is -2.43. The molecular weight excluding hydrogens is 671 g/mol. The van der Waals surface area contributed by atoms with Gasteiger partial charge >= 0.3 is 0 Å². The Balaban J connectivity index is 1.06. The molecule has 0 N–H and O–H groups in total. The zero-order chi connectivity index (χ0) is 35.3. The van der Waals surface area contributed by atoms with Crippen LogP contribution in [0.5, 0.6) is 0 Å². The Morgan fingerprint density at radius 3 is 1.69 bits per heavy atom. The third-order valence-electron chi connectivity index (χ3n) is 11.6. The van der Waals surface area contributed by atoms with Gasteiger partial charge in [0.1, 0.15) is 0 Å². The van der Waals surface area contributed by atoms with E-state index in [1.54, 1.807) is 0 Å². The van der Waals surface area contributed by atoms with Crippen LogP contribution in [0.1, 0.15) is 0 Å². The van der Waals surface area contributed by atoms with E-state index < -0.39 is 0 Å². The second kappa shape index (κ2) is 11.4. The second-order valence-corrected chi connectivity index (χ2v) is 15.5. The van der Waals surface area contributed by atoms with Crippen LogP contribution in [0.25, 0.3) is 53.5 Å². The lowest BCUT2D eigenvalue weighted by molar-refractivity contribution is 1.26. The Morgan fingerprint density at radius 2 is 0.926 bits per heavy atom. The number of anilines is 6. The molecule has 250 valence electrons. The summed E-state index contributed by atoms with van der Waals surface area (Å²) < 4.78 is 2.72. The maximum absolute atomic E-state index is 2.51. The average molecular weight is 703 g/mol. The molecule has 0 unspecified atom stereocenters. The summed E-state index contributed by atoms with van der Waals surface area (Å²) in [4.78, 5) is 5.00. The number of nitrogens with zero attached hydrogens (tertiary/aromatic N) is 2. The van der Waals surface area contributed by atoms with Crippen molar-refractivity contribution in [2.24, 2.45) is 0 Å². The lowest BCUT2D eigenvalue weighted by Crippen LogP contribution is -2.60. The summed E-state index contributed by atoms with van der Waals surface area (Å²) in [6, 6.07) is 69.4. The number of rotatable bonds is 3. The molecule has 2 nitrogen and oxygen atoms in total. The van der Waals surface area contributed by atoms with Gasteiger partial charge in [-0.3, -0.25) is 0 Å². The quantitative estimate of drug-likeness (QED) is 0.134. The molecule has 0 radical (unpaired) electrons. The van der Waals surface area contributed by atoms with Crippen LogP contribution in [-0.2, 0) is 0 Å². The van der Waals surface area contributed by atoms with E-state index in [-0.39, 0.29) is 6.71 Å².